The SMILES string of the molecule is CC(=C/C(=O)[O-])/C(=C/c1ccccc1)C(=O)[O-]. The van der Waals surface area contributed by atoms with Crippen LogP contribution in [0.4, 0.5) is 0 Å². The number of carboxylic acids is 2. The minimum Gasteiger partial charge on any atom is -0.545 e. The van der Waals surface area contributed by atoms with Crippen molar-refractivity contribution in [2.24, 2.45) is 0 Å². The minimum absolute atomic E-state index is 0.0776. The molecule has 0 saturated carbocycles. The molecule has 0 radical (unpaired) electrons. The summed E-state index contributed by atoms with van der Waals surface area (Å²) in [5.74, 6) is -2.87. The molecule has 1 rings (SSSR count). The van der Waals surface area contributed by atoms with Gasteiger partial charge in [-0.25, -0.2) is 0 Å². The highest BCUT2D eigenvalue weighted by Gasteiger charge is 2.01. The van der Waals surface area contributed by atoms with Crippen LogP contribution in [-0.4, -0.2) is 11.9 Å². The summed E-state index contributed by atoms with van der Waals surface area (Å²) in [6, 6.07) is 8.69. The molecule has 0 unspecified atom stereocenters. The molecule has 88 valence electrons. The maximum atomic E-state index is 10.9. The van der Waals surface area contributed by atoms with E-state index in [0.717, 1.165) is 6.08 Å². The van der Waals surface area contributed by atoms with Gasteiger partial charge in [-0.1, -0.05) is 30.3 Å². The van der Waals surface area contributed by atoms with Gasteiger partial charge in [0, 0.05) is 5.57 Å². The molecule has 17 heavy (non-hydrogen) atoms. The number of carbonyl (C=O) groups excluding carboxylic acids is 2. The van der Waals surface area contributed by atoms with Crippen LogP contribution in [-0.2, 0) is 9.59 Å². The topological polar surface area (TPSA) is 80.3 Å². The molecule has 4 nitrogen and oxygen atoms in total. The Hall–Kier alpha value is -2.36. The molecule has 0 atom stereocenters. The van der Waals surface area contributed by atoms with E-state index in [0.29, 0.717) is 5.56 Å². The Balaban J connectivity index is 3.15. The average Bonchev–Trinajstić information content (AvgIpc) is 2.25. The van der Waals surface area contributed by atoms with Gasteiger partial charge in [-0.05, 0) is 30.2 Å². The lowest BCUT2D eigenvalue weighted by Gasteiger charge is -2.10. The first-order valence-electron chi connectivity index (χ1n) is 4.88. The molecule has 0 heterocycles. The third-order valence-corrected chi connectivity index (χ3v) is 2.09. The summed E-state index contributed by atoms with van der Waals surface area (Å²) in [5.41, 5.74) is 0.548. The van der Waals surface area contributed by atoms with E-state index in [2.05, 4.69) is 0 Å². The van der Waals surface area contributed by atoms with Gasteiger partial charge < -0.3 is 19.8 Å². The van der Waals surface area contributed by atoms with Gasteiger partial charge in [0.2, 0.25) is 0 Å². The maximum absolute atomic E-state index is 10.9. The van der Waals surface area contributed by atoms with Crippen molar-refractivity contribution >= 4 is 18.0 Å². The van der Waals surface area contributed by atoms with E-state index < -0.39 is 11.9 Å². The van der Waals surface area contributed by atoms with Gasteiger partial charge in [0.15, 0.2) is 0 Å². The van der Waals surface area contributed by atoms with E-state index in [1.807, 2.05) is 0 Å². The Labute approximate surface area is 98.5 Å². The first-order chi connectivity index (χ1) is 8.00. The summed E-state index contributed by atoms with van der Waals surface area (Å²) in [5, 5.41) is 21.3. The van der Waals surface area contributed by atoms with E-state index in [1.54, 1.807) is 30.3 Å². The van der Waals surface area contributed by atoms with Crippen LogP contribution in [0.15, 0.2) is 47.6 Å². The molecule has 1 aromatic carbocycles. The number of hydrogen-bond acceptors (Lipinski definition) is 4. The van der Waals surface area contributed by atoms with Gasteiger partial charge in [0.05, 0.1) is 11.9 Å². The smallest absolute Gasteiger partial charge is 0.0718 e. The van der Waals surface area contributed by atoms with Crippen LogP contribution in [0.25, 0.3) is 6.08 Å². The van der Waals surface area contributed by atoms with Gasteiger partial charge >= 0.3 is 0 Å². The zero-order valence-electron chi connectivity index (χ0n) is 9.17. The van der Waals surface area contributed by atoms with E-state index in [4.69, 9.17) is 0 Å². The predicted octanol–water partition coefficient (Wildman–Crippen LogP) is -0.484. The van der Waals surface area contributed by atoms with Gasteiger partial charge in [-0.3, -0.25) is 0 Å². The second-order valence-corrected chi connectivity index (χ2v) is 3.40. The van der Waals surface area contributed by atoms with Crippen molar-refractivity contribution in [1.29, 1.82) is 0 Å². The standard InChI is InChI=1S/C13H12O4/c1-9(7-12(14)15)11(13(16)17)8-10-5-3-2-4-6-10/h2-8H,1H3,(H,14,15)(H,16,17)/p-2/b9-7-,11-8-. The second-order valence-electron chi connectivity index (χ2n) is 3.40. The van der Waals surface area contributed by atoms with Crippen LogP contribution in [0, 0.1) is 0 Å². The molecule has 0 spiro atoms. The third-order valence-electron chi connectivity index (χ3n) is 2.09. The molecule has 0 N–H and O–H groups in total. The van der Waals surface area contributed by atoms with E-state index in [1.165, 1.54) is 13.0 Å². The fraction of sp³-hybridized carbons (Fsp3) is 0.0769. The largest absolute Gasteiger partial charge is 0.545 e. The number of hydrogen-bond donors (Lipinski definition) is 0. The number of carbonyl (C=O) groups is 2. The third kappa shape index (κ3) is 3.95. The molecular formula is C13H10O4-2. The van der Waals surface area contributed by atoms with Gasteiger partial charge in [-0.2, -0.15) is 0 Å². The molecule has 1 aromatic rings. The molecule has 0 aliphatic heterocycles. The van der Waals surface area contributed by atoms with Gasteiger partial charge in [0.1, 0.15) is 0 Å². The van der Waals surface area contributed by atoms with Crippen LogP contribution in [0.5, 0.6) is 0 Å². The maximum Gasteiger partial charge on any atom is 0.0718 e. The quantitative estimate of drug-likeness (QED) is 0.516. The van der Waals surface area contributed by atoms with Crippen LogP contribution in [0.2, 0.25) is 0 Å². The lowest BCUT2D eigenvalue weighted by molar-refractivity contribution is -0.298. The summed E-state index contributed by atoms with van der Waals surface area (Å²) >= 11 is 0. The molecule has 0 bridgehead atoms. The number of rotatable bonds is 4. The van der Waals surface area contributed by atoms with Crippen molar-refractivity contribution in [1.82, 2.24) is 0 Å². The van der Waals surface area contributed by atoms with Crippen molar-refractivity contribution in [2.75, 3.05) is 0 Å². The average molecular weight is 230 g/mol. The lowest BCUT2D eigenvalue weighted by atomic mass is 10.0. The molecule has 0 saturated heterocycles. The molecule has 0 amide bonds. The van der Waals surface area contributed by atoms with Gasteiger partial charge in [-0.15, -0.1) is 0 Å². The van der Waals surface area contributed by atoms with Crippen molar-refractivity contribution in [3.05, 3.63) is 53.1 Å². The molecule has 0 fully saturated rings. The normalized spacial score (nSPS) is 12.3. The Morgan fingerprint density at radius 3 is 2.18 bits per heavy atom. The molecule has 0 aliphatic carbocycles. The Morgan fingerprint density at radius 2 is 1.71 bits per heavy atom. The summed E-state index contributed by atoms with van der Waals surface area (Å²) in [4.78, 5) is 21.3. The number of benzene rings is 1. The minimum atomic E-state index is -1.44. The Bertz CT molecular complexity index is 483. The molecular weight excluding hydrogens is 220 g/mol. The molecule has 0 aliphatic rings. The molecule has 4 heteroatoms. The summed E-state index contributed by atoms with van der Waals surface area (Å²) in [7, 11) is 0. The zero-order chi connectivity index (χ0) is 12.8. The van der Waals surface area contributed by atoms with Crippen molar-refractivity contribution in [3.8, 4) is 0 Å². The first-order valence-corrected chi connectivity index (χ1v) is 4.88. The predicted molar refractivity (Wildman–Crippen MR) is 58.2 cm³/mol. The van der Waals surface area contributed by atoms with E-state index >= 15 is 0 Å². The van der Waals surface area contributed by atoms with Crippen LogP contribution >= 0.6 is 0 Å². The first kappa shape index (κ1) is 12.7. The van der Waals surface area contributed by atoms with Crippen LogP contribution < -0.4 is 10.2 Å². The number of carboxylic acid groups (broad SMARTS) is 2. The summed E-state index contributed by atoms with van der Waals surface area (Å²) in [6.45, 7) is 1.38. The highest BCUT2D eigenvalue weighted by Crippen LogP contribution is 2.13. The lowest BCUT2D eigenvalue weighted by Crippen LogP contribution is -2.26. The van der Waals surface area contributed by atoms with E-state index in [9.17, 15) is 19.8 Å². The van der Waals surface area contributed by atoms with Gasteiger partial charge in [0.25, 0.3) is 0 Å². The fourth-order valence-electron chi connectivity index (χ4n) is 1.30. The Morgan fingerprint density at radius 1 is 1.12 bits per heavy atom. The van der Waals surface area contributed by atoms with Crippen LogP contribution in [0.3, 0.4) is 0 Å². The van der Waals surface area contributed by atoms with E-state index in [-0.39, 0.29) is 11.1 Å². The van der Waals surface area contributed by atoms with Crippen LogP contribution in [0.1, 0.15) is 12.5 Å². The highest BCUT2D eigenvalue weighted by molar-refractivity contribution is 5.97. The van der Waals surface area contributed by atoms with Crippen molar-refractivity contribution in [3.63, 3.8) is 0 Å². The molecule has 0 aromatic heterocycles. The second kappa shape index (κ2) is 5.65. The zero-order valence-corrected chi connectivity index (χ0v) is 9.17. The summed E-state index contributed by atoms with van der Waals surface area (Å²) in [6.07, 6.45) is 2.08. The summed E-state index contributed by atoms with van der Waals surface area (Å²) < 4.78 is 0. The Kier molecular flexibility index (Phi) is 4.22. The fourth-order valence-corrected chi connectivity index (χ4v) is 1.30. The van der Waals surface area contributed by atoms with Crippen molar-refractivity contribution in [2.45, 2.75) is 6.92 Å². The van der Waals surface area contributed by atoms with Crippen molar-refractivity contribution < 1.29 is 19.8 Å². The highest BCUT2D eigenvalue weighted by atomic mass is 16.4. The number of aliphatic carboxylic acids is 2. The monoisotopic (exact) mass is 230 g/mol.